The second kappa shape index (κ2) is 6.91. The van der Waals surface area contributed by atoms with E-state index in [-0.39, 0.29) is 5.91 Å². The Morgan fingerprint density at radius 2 is 2.15 bits per heavy atom. The molecule has 2 rings (SSSR count). The Balaban J connectivity index is 2.03. The largest absolute Gasteiger partial charge is 0.456 e. The highest BCUT2D eigenvalue weighted by Gasteiger charge is 2.10. The van der Waals surface area contributed by atoms with Crippen LogP contribution in [0.5, 0.6) is 0 Å². The lowest BCUT2D eigenvalue weighted by Gasteiger charge is -2.06. The SMILES string of the molecule is CCc1ccc(C(=O)Nc2cccc(CCCN)c2)o1. The summed E-state index contributed by atoms with van der Waals surface area (Å²) in [5.74, 6) is 0.932. The van der Waals surface area contributed by atoms with Crippen LogP contribution in [-0.2, 0) is 12.8 Å². The van der Waals surface area contributed by atoms with E-state index in [1.165, 1.54) is 5.56 Å². The fourth-order valence-corrected chi connectivity index (χ4v) is 1.99. The summed E-state index contributed by atoms with van der Waals surface area (Å²) >= 11 is 0. The zero-order chi connectivity index (χ0) is 14.4. The minimum absolute atomic E-state index is 0.222. The first-order chi connectivity index (χ1) is 9.72. The van der Waals surface area contributed by atoms with E-state index in [1.54, 1.807) is 6.07 Å². The molecule has 0 unspecified atom stereocenters. The Morgan fingerprint density at radius 1 is 1.30 bits per heavy atom. The van der Waals surface area contributed by atoms with Crippen LogP contribution in [-0.4, -0.2) is 12.5 Å². The lowest BCUT2D eigenvalue weighted by molar-refractivity contribution is 0.0995. The summed E-state index contributed by atoms with van der Waals surface area (Å²) in [5, 5.41) is 2.85. The monoisotopic (exact) mass is 272 g/mol. The molecule has 0 radical (unpaired) electrons. The molecule has 0 bridgehead atoms. The third-order valence-electron chi connectivity index (χ3n) is 3.09. The number of carbonyl (C=O) groups excluding carboxylic acids is 1. The van der Waals surface area contributed by atoms with E-state index in [9.17, 15) is 4.79 Å². The van der Waals surface area contributed by atoms with Gasteiger partial charge in [0, 0.05) is 12.1 Å². The third-order valence-corrected chi connectivity index (χ3v) is 3.09. The molecular formula is C16H20N2O2. The molecule has 1 amide bonds. The van der Waals surface area contributed by atoms with Gasteiger partial charge >= 0.3 is 0 Å². The van der Waals surface area contributed by atoms with Gasteiger partial charge in [-0.25, -0.2) is 0 Å². The minimum atomic E-state index is -0.222. The highest BCUT2D eigenvalue weighted by molar-refractivity contribution is 6.02. The van der Waals surface area contributed by atoms with Gasteiger partial charge in [0.1, 0.15) is 5.76 Å². The smallest absolute Gasteiger partial charge is 0.291 e. The number of amides is 1. The quantitative estimate of drug-likeness (QED) is 0.849. The van der Waals surface area contributed by atoms with Crippen molar-refractivity contribution in [2.45, 2.75) is 26.2 Å². The van der Waals surface area contributed by atoms with Gasteiger partial charge in [-0.05, 0) is 49.2 Å². The highest BCUT2D eigenvalue weighted by atomic mass is 16.3. The van der Waals surface area contributed by atoms with Gasteiger partial charge in [-0.1, -0.05) is 19.1 Å². The number of aryl methyl sites for hydroxylation is 2. The maximum Gasteiger partial charge on any atom is 0.291 e. The summed E-state index contributed by atoms with van der Waals surface area (Å²) in [6, 6.07) is 11.3. The van der Waals surface area contributed by atoms with Crippen molar-refractivity contribution in [2.24, 2.45) is 5.73 Å². The molecule has 20 heavy (non-hydrogen) atoms. The average molecular weight is 272 g/mol. The molecular weight excluding hydrogens is 252 g/mol. The van der Waals surface area contributed by atoms with Crippen molar-refractivity contribution >= 4 is 11.6 Å². The summed E-state index contributed by atoms with van der Waals surface area (Å²) in [5.41, 5.74) is 7.45. The summed E-state index contributed by atoms with van der Waals surface area (Å²) in [6.45, 7) is 2.66. The van der Waals surface area contributed by atoms with Gasteiger partial charge < -0.3 is 15.5 Å². The second-order valence-electron chi connectivity index (χ2n) is 4.67. The van der Waals surface area contributed by atoms with Crippen LogP contribution in [0, 0.1) is 0 Å². The van der Waals surface area contributed by atoms with E-state index >= 15 is 0 Å². The molecule has 0 atom stereocenters. The molecule has 0 saturated heterocycles. The van der Waals surface area contributed by atoms with Crippen LogP contribution in [0.3, 0.4) is 0 Å². The molecule has 0 aliphatic rings. The second-order valence-corrected chi connectivity index (χ2v) is 4.67. The number of anilines is 1. The lowest BCUT2D eigenvalue weighted by Crippen LogP contribution is -2.11. The van der Waals surface area contributed by atoms with Crippen molar-refractivity contribution < 1.29 is 9.21 Å². The normalized spacial score (nSPS) is 10.5. The number of furan rings is 1. The third kappa shape index (κ3) is 3.71. The molecule has 2 aromatic rings. The van der Waals surface area contributed by atoms with Crippen LogP contribution in [0.4, 0.5) is 5.69 Å². The lowest BCUT2D eigenvalue weighted by atomic mass is 10.1. The Labute approximate surface area is 119 Å². The van der Waals surface area contributed by atoms with Crippen molar-refractivity contribution in [3.05, 3.63) is 53.5 Å². The molecule has 106 valence electrons. The molecule has 0 spiro atoms. The fraction of sp³-hybridized carbons (Fsp3) is 0.312. The van der Waals surface area contributed by atoms with Crippen molar-refractivity contribution in [3.8, 4) is 0 Å². The topological polar surface area (TPSA) is 68.3 Å². The van der Waals surface area contributed by atoms with Gasteiger partial charge in [-0.3, -0.25) is 4.79 Å². The van der Waals surface area contributed by atoms with Gasteiger partial charge in [0.25, 0.3) is 5.91 Å². The summed E-state index contributed by atoms with van der Waals surface area (Å²) in [4.78, 5) is 12.0. The molecule has 4 nitrogen and oxygen atoms in total. The maximum atomic E-state index is 12.0. The van der Waals surface area contributed by atoms with Crippen molar-refractivity contribution in [1.82, 2.24) is 0 Å². The summed E-state index contributed by atoms with van der Waals surface area (Å²) in [6.07, 6.45) is 2.64. The van der Waals surface area contributed by atoms with Crippen LogP contribution in [0.1, 0.15) is 35.2 Å². The molecule has 0 saturated carbocycles. The first-order valence-electron chi connectivity index (χ1n) is 6.92. The van der Waals surface area contributed by atoms with Crippen LogP contribution in [0.25, 0.3) is 0 Å². The Kier molecular flexibility index (Phi) is 4.96. The van der Waals surface area contributed by atoms with E-state index in [0.29, 0.717) is 12.3 Å². The predicted molar refractivity (Wildman–Crippen MR) is 79.9 cm³/mol. The van der Waals surface area contributed by atoms with Gasteiger partial charge in [0.2, 0.25) is 0 Å². The standard InChI is InChI=1S/C16H20N2O2/c1-2-14-8-9-15(20-14)16(19)18-13-7-3-5-12(11-13)6-4-10-17/h3,5,7-9,11H,2,4,6,10,17H2,1H3,(H,18,19). The van der Waals surface area contributed by atoms with Crippen LogP contribution in [0.15, 0.2) is 40.8 Å². The summed E-state index contributed by atoms with van der Waals surface area (Å²) in [7, 11) is 0. The number of hydrogen-bond acceptors (Lipinski definition) is 3. The average Bonchev–Trinajstić information content (AvgIpc) is 2.94. The number of rotatable bonds is 6. The van der Waals surface area contributed by atoms with Crippen LogP contribution >= 0.6 is 0 Å². The number of nitrogens with two attached hydrogens (primary N) is 1. The van der Waals surface area contributed by atoms with E-state index in [4.69, 9.17) is 10.2 Å². The molecule has 1 aromatic heterocycles. The molecule has 3 N–H and O–H groups in total. The molecule has 4 heteroatoms. The molecule has 0 fully saturated rings. The zero-order valence-electron chi connectivity index (χ0n) is 11.7. The van der Waals surface area contributed by atoms with Crippen molar-refractivity contribution in [2.75, 3.05) is 11.9 Å². The number of hydrogen-bond donors (Lipinski definition) is 2. The van der Waals surface area contributed by atoms with Crippen molar-refractivity contribution in [3.63, 3.8) is 0 Å². The van der Waals surface area contributed by atoms with E-state index in [2.05, 4.69) is 5.32 Å². The zero-order valence-corrected chi connectivity index (χ0v) is 11.7. The highest BCUT2D eigenvalue weighted by Crippen LogP contribution is 2.15. The van der Waals surface area contributed by atoms with E-state index in [0.717, 1.165) is 30.7 Å². The molecule has 1 heterocycles. The molecule has 0 aliphatic carbocycles. The number of carbonyl (C=O) groups is 1. The first-order valence-corrected chi connectivity index (χ1v) is 6.92. The van der Waals surface area contributed by atoms with Gasteiger partial charge in [-0.2, -0.15) is 0 Å². The van der Waals surface area contributed by atoms with Gasteiger partial charge in [-0.15, -0.1) is 0 Å². The van der Waals surface area contributed by atoms with Crippen LogP contribution in [0.2, 0.25) is 0 Å². The number of benzene rings is 1. The van der Waals surface area contributed by atoms with Crippen LogP contribution < -0.4 is 11.1 Å². The Morgan fingerprint density at radius 3 is 2.85 bits per heavy atom. The Hall–Kier alpha value is -2.07. The summed E-state index contributed by atoms with van der Waals surface area (Å²) < 4.78 is 5.43. The van der Waals surface area contributed by atoms with Gasteiger partial charge in [0.05, 0.1) is 0 Å². The Bertz CT molecular complexity index is 575. The predicted octanol–water partition coefficient (Wildman–Crippen LogP) is 2.99. The van der Waals surface area contributed by atoms with Crippen molar-refractivity contribution in [1.29, 1.82) is 0 Å². The van der Waals surface area contributed by atoms with Gasteiger partial charge in [0.15, 0.2) is 5.76 Å². The maximum absolute atomic E-state index is 12.0. The van der Waals surface area contributed by atoms with E-state index in [1.807, 2.05) is 37.3 Å². The molecule has 1 aromatic carbocycles. The number of nitrogens with one attached hydrogen (secondary N) is 1. The first kappa shape index (κ1) is 14.3. The fourth-order valence-electron chi connectivity index (χ4n) is 1.99. The van der Waals surface area contributed by atoms with E-state index < -0.39 is 0 Å². The minimum Gasteiger partial charge on any atom is -0.456 e. The molecule has 0 aliphatic heterocycles.